The predicted octanol–water partition coefficient (Wildman–Crippen LogP) is 1.74. The lowest BCUT2D eigenvalue weighted by atomic mass is 10.3. The van der Waals surface area contributed by atoms with E-state index in [0.29, 0.717) is 5.82 Å². The van der Waals surface area contributed by atoms with Crippen molar-refractivity contribution in [2.75, 3.05) is 5.73 Å². The number of anilines is 1. The second-order valence-corrected chi connectivity index (χ2v) is 2.89. The molecule has 0 unspecified atom stereocenters. The van der Waals surface area contributed by atoms with Crippen LogP contribution in [0.2, 0.25) is 0 Å². The first-order valence-electron chi connectivity index (χ1n) is 4.14. The average molecular weight is 165 g/mol. The number of rotatable bonds is 4. The van der Waals surface area contributed by atoms with Crippen LogP contribution in [0.25, 0.3) is 0 Å². The molecule has 1 aromatic heterocycles. The van der Waals surface area contributed by atoms with Gasteiger partial charge in [-0.3, -0.25) is 4.68 Å². The zero-order chi connectivity index (χ0) is 8.97. The fourth-order valence-corrected chi connectivity index (χ4v) is 1.05. The Morgan fingerprint density at radius 2 is 2.50 bits per heavy atom. The highest BCUT2D eigenvalue weighted by molar-refractivity contribution is 5.35. The summed E-state index contributed by atoms with van der Waals surface area (Å²) in [7, 11) is 0. The largest absolute Gasteiger partial charge is 0.382 e. The lowest BCUT2D eigenvalue weighted by Gasteiger charge is -1.97. The van der Waals surface area contributed by atoms with E-state index in [1.165, 1.54) is 0 Å². The van der Waals surface area contributed by atoms with Crippen molar-refractivity contribution >= 4 is 5.82 Å². The van der Waals surface area contributed by atoms with Gasteiger partial charge in [-0.1, -0.05) is 6.08 Å². The van der Waals surface area contributed by atoms with Crippen LogP contribution in [0.15, 0.2) is 18.9 Å². The van der Waals surface area contributed by atoms with Gasteiger partial charge in [0.15, 0.2) is 0 Å². The van der Waals surface area contributed by atoms with E-state index in [0.717, 1.165) is 24.9 Å². The van der Waals surface area contributed by atoms with Gasteiger partial charge in [-0.15, -0.1) is 6.58 Å². The molecule has 0 spiro atoms. The van der Waals surface area contributed by atoms with E-state index in [-0.39, 0.29) is 0 Å². The molecule has 66 valence electrons. The smallest absolute Gasteiger partial charge is 0.148 e. The van der Waals surface area contributed by atoms with E-state index in [9.17, 15) is 0 Å². The number of hydrogen-bond acceptors (Lipinski definition) is 2. The van der Waals surface area contributed by atoms with Crippen molar-refractivity contribution in [2.45, 2.75) is 26.3 Å². The van der Waals surface area contributed by atoms with Crippen molar-refractivity contribution in [3.8, 4) is 0 Å². The van der Waals surface area contributed by atoms with Crippen LogP contribution in [0, 0.1) is 6.92 Å². The minimum Gasteiger partial charge on any atom is -0.382 e. The van der Waals surface area contributed by atoms with Crippen LogP contribution in [0.1, 0.15) is 18.4 Å². The van der Waals surface area contributed by atoms with E-state index < -0.39 is 0 Å². The summed E-state index contributed by atoms with van der Waals surface area (Å²) in [5, 5.41) is 4.14. The Bertz CT molecular complexity index is 243. The molecule has 1 rings (SSSR count). The van der Waals surface area contributed by atoms with Gasteiger partial charge in [0, 0.05) is 18.3 Å². The Morgan fingerprint density at radius 1 is 1.75 bits per heavy atom. The molecule has 0 saturated carbocycles. The summed E-state index contributed by atoms with van der Waals surface area (Å²) >= 11 is 0. The number of unbranched alkanes of at least 4 members (excludes halogenated alkanes) is 1. The van der Waals surface area contributed by atoms with Gasteiger partial charge < -0.3 is 5.73 Å². The van der Waals surface area contributed by atoms with E-state index in [1.807, 2.05) is 23.9 Å². The summed E-state index contributed by atoms with van der Waals surface area (Å²) in [5.41, 5.74) is 6.64. The molecule has 1 heterocycles. The van der Waals surface area contributed by atoms with Crippen molar-refractivity contribution in [3.63, 3.8) is 0 Å². The van der Waals surface area contributed by atoms with Crippen molar-refractivity contribution in [3.05, 3.63) is 24.4 Å². The topological polar surface area (TPSA) is 43.8 Å². The van der Waals surface area contributed by atoms with Gasteiger partial charge in [0.05, 0.1) is 0 Å². The molecule has 0 fully saturated rings. The molecule has 0 radical (unpaired) electrons. The molecule has 0 saturated heterocycles. The molecule has 3 heteroatoms. The Kier molecular flexibility index (Phi) is 2.91. The molecular weight excluding hydrogens is 150 g/mol. The van der Waals surface area contributed by atoms with Crippen LogP contribution in [0.4, 0.5) is 5.82 Å². The van der Waals surface area contributed by atoms with Crippen LogP contribution in [-0.2, 0) is 6.54 Å². The summed E-state index contributed by atoms with van der Waals surface area (Å²) in [4.78, 5) is 0. The SMILES string of the molecule is C=CCCCn1cc(C)c(N)n1. The molecule has 0 atom stereocenters. The number of aryl methyl sites for hydroxylation is 2. The van der Waals surface area contributed by atoms with Gasteiger partial charge >= 0.3 is 0 Å². The third-order valence-corrected chi connectivity index (χ3v) is 1.78. The number of aromatic nitrogens is 2. The first-order valence-corrected chi connectivity index (χ1v) is 4.14. The van der Waals surface area contributed by atoms with Crippen LogP contribution in [-0.4, -0.2) is 9.78 Å². The predicted molar refractivity (Wildman–Crippen MR) is 50.8 cm³/mol. The summed E-state index contributed by atoms with van der Waals surface area (Å²) in [6, 6.07) is 0. The van der Waals surface area contributed by atoms with Crippen LogP contribution in [0.3, 0.4) is 0 Å². The summed E-state index contributed by atoms with van der Waals surface area (Å²) < 4.78 is 1.88. The maximum Gasteiger partial charge on any atom is 0.148 e. The molecule has 0 aliphatic heterocycles. The van der Waals surface area contributed by atoms with Gasteiger partial charge in [0.25, 0.3) is 0 Å². The van der Waals surface area contributed by atoms with E-state index >= 15 is 0 Å². The normalized spacial score (nSPS) is 10.1. The number of hydrogen-bond donors (Lipinski definition) is 1. The maximum absolute atomic E-state index is 5.59. The van der Waals surface area contributed by atoms with E-state index in [4.69, 9.17) is 5.73 Å². The highest BCUT2D eigenvalue weighted by atomic mass is 15.3. The highest BCUT2D eigenvalue weighted by Crippen LogP contribution is 2.06. The molecule has 1 aromatic rings. The van der Waals surface area contributed by atoms with Crippen LogP contribution < -0.4 is 5.73 Å². The third kappa shape index (κ3) is 2.12. The number of nitrogens with zero attached hydrogens (tertiary/aromatic N) is 2. The molecule has 0 aliphatic carbocycles. The van der Waals surface area contributed by atoms with Gasteiger partial charge in [0.1, 0.15) is 5.82 Å². The molecule has 0 amide bonds. The monoisotopic (exact) mass is 165 g/mol. The lowest BCUT2D eigenvalue weighted by Crippen LogP contribution is -1.98. The highest BCUT2D eigenvalue weighted by Gasteiger charge is 1.98. The lowest BCUT2D eigenvalue weighted by molar-refractivity contribution is 0.585. The van der Waals surface area contributed by atoms with E-state index in [2.05, 4.69) is 11.7 Å². The van der Waals surface area contributed by atoms with Crippen LogP contribution >= 0.6 is 0 Å². The fraction of sp³-hybridized carbons (Fsp3) is 0.444. The Hall–Kier alpha value is -1.25. The van der Waals surface area contributed by atoms with Gasteiger partial charge in [-0.05, 0) is 19.8 Å². The second-order valence-electron chi connectivity index (χ2n) is 2.89. The molecule has 0 aliphatic rings. The van der Waals surface area contributed by atoms with Gasteiger partial charge in [-0.2, -0.15) is 5.10 Å². The maximum atomic E-state index is 5.59. The molecule has 0 aromatic carbocycles. The molecule has 12 heavy (non-hydrogen) atoms. The van der Waals surface area contributed by atoms with Crippen LogP contribution in [0.5, 0.6) is 0 Å². The average Bonchev–Trinajstić information content (AvgIpc) is 2.32. The summed E-state index contributed by atoms with van der Waals surface area (Å²) in [6.45, 7) is 6.55. The molecule has 0 bridgehead atoms. The van der Waals surface area contributed by atoms with E-state index in [1.54, 1.807) is 0 Å². The first kappa shape index (κ1) is 8.84. The number of nitrogen functional groups attached to an aromatic ring is 1. The quantitative estimate of drug-likeness (QED) is 0.545. The second kappa shape index (κ2) is 3.95. The third-order valence-electron chi connectivity index (χ3n) is 1.78. The molecule has 2 N–H and O–H groups in total. The molecular formula is C9H15N3. The number of allylic oxidation sites excluding steroid dienone is 1. The van der Waals surface area contributed by atoms with Crippen molar-refractivity contribution in [1.29, 1.82) is 0 Å². The standard InChI is InChI=1S/C9H15N3/c1-3-4-5-6-12-7-8(2)9(10)11-12/h3,7H,1,4-6H2,2H3,(H2,10,11). The first-order chi connectivity index (χ1) is 5.74. The van der Waals surface area contributed by atoms with Gasteiger partial charge in [0.2, 0.25) is 0 Å². The number of nitrogens with two attached hydrogens (primary N) is 1. The van der Waals surface area contributed by atoms with Crippen molar-refractivity contribution in [1.82, 2.24) is 9.78 Å². The van der Waals surface area contributed by atoms with Gasteiger partial charge in [-0.25, -0.2) is 0 Å². The minimum absolute atomic E-state index is 0.633. The Labute approximate surface area is 72.9 Å². The fourth-order valence-electron chi connectivity index (χ4n) is 1.05. The molecule has 3 nitrogen and oxygen atoms in total. The Balaban J connectivity index is 2.47. The van der Waals surface area contributed by atoms with Crippen molar-refractivity contribution in [2.24, 2.45) is 0 Å². The Morgan fingerprint density at radius 3 is 3.00 bits per heavy atom. The van der Waals surface area contributed by atoms with Crippen molar-refractivity contribution < 1.29 is 0 Å². The summed E-state index contributed by atoms with van der Waals surface area (Å²) in [5.74, 6) is 0.633. The minimum atomic E-state index is 0.633. The summed E-state index contributed by atoms with van der Waals surface area (Å²) in [6.07, 6.45) is 5.99. The zero-order valence-corrected chi connectivity index (χ0v) is 7.45. The zero-order valence-electron chi connectivity index (χ0n) is 7.45.